The van der Waals surface area contributed by atoms with E-state index in [9.17, 15) is 0 Å². The number of nitrogens with one attached hydrogen (secondary N) is 1. The number of aromatic nitrogens is 3. The Morgan fingerprint density at radius 1 is 1.28 bits per heavy atom. The van der Waals surface area contributed by atoms with E-state index in [1.165, 1.54) is 17.7 Å². The molecular formula is C18H27N4O2S+. The van der Waals surface area contributed by atoms with Gasteiger partial charge >= 0.3 is 0 Å². The van der Waals surface area contributed by atoms with Crippen molar-refractivity contribution in [2.75, 3.05) is 21.3 Å². The van der Waals surface area contributed by atoms with E-state index < -0.39 is 0 Å². The van der Waals surface area contributed by atoms with Crippen molar-refractivity contribution in [2.24, 2.45) is 0 Å². The summed E-state index contributed by atoms with van der Waals surface area (Å²) >= 11 is 5.63. The Morgan fingerprint density at radius 2 is 2.04 bits per heavy atom. The third-order valence-electron chi connectivity index (χ3n) is 4.62. The third kappa shape index (κ3) is 3.88. The van der Waals surface area contributed by atoms with Crippen molar-refractivity contribution in [1.29, 1.82) is 0 Å². The summed E-state index contributed by atoms with van der Waals surface area (Å²) in [5, 5.41) is 4.80. The molecule has 0 saturated heterocycles. The van der Waals surface area contributed by atoms with Crippen LogP contribution in [0.25, 0.3) is 0 Å². The molecule has 1 fully saturated rings. The summed E-state index contributed by atoms with van der Waals surface area (Å²) in [7, 11) is 5.50. The molecule has 0 aliphatic heterocycles. The van der Waals surface area contributed by atoms with E-state index in [0.29, 0.717) is 5.92 Å². The van der Waals surface area contributed by atoms with Gasteiger partial charge in [-0.25, -0.2) is 0 Å². The first kappa shape index (κ1) is 17.9. The zero-order valence-electron chi connectivity index (χ0n) is 15.4. The fourth-order valence-corrected chi connectivity index (χ4v) is 3.46. The maximum absolute atomic E-state index is 5.63. The Hall–Kier alpha value is -1.86. The topological polar surface area (TPSA) is 45.7 Å². The van der Waals surface area contributed by atoms with Crippen LogP contribution in [0.3, 0.4) is 0 Å². The molecule has 1 heterocycles. The van der Waals surface area contributed by atoms with Gasteiger partial charge < -0.3 is 18.9 Å². The summed E-state index contributed by atoms with van der Waals surface area (Å²) in [6.07, 6.45) is 2.47. The second kappa shape index (κ2) is 7.58. The lowest BCUT2D eigenvalue weighted by molar-refractivity contribution is -0.917. The highest BCUT2D eigenvalue weighted by Crippen LogP contribution is 2.39. The van der Waals surface area contributed by atoms with Crippen LogP contribution in [0.2, 0.25) is 0 Å². The van der Waals surface area contributed by atoms with Crippen molar-refractivity contribution >= 4 is 12.2 Å². The van der Waals surface area contributed by atoms with Gasteiger partial charge in [0.05, 0.1) is 21.3 Å². The smallest absolute Gasteiger partial charge is 0.202 e. The fourth-order valence-electron chi connectivity index (χ4n) is 3.14. The minimum Gasteiger partial charge on any atom is -0.497 e. The van der Waals surface area contributed by atoms with Crippen molar-refractivity contribution in [3.05, 3.63) is 34.4 Å². The summed E-state index contributed by atoms with van der Waals surface area (Å²) in [6, 6.07) is 5.94. The first-order valence-corrected chi connectivity index (χ1v) is 9.17. The molecule has 1 unspecified atom stereocenters. The summed E-state index contributed by atoms with van der Waals surface area (Å²) in [6.45, 7) is 4.58. The molecule has 0 radical (unpaired) electrons. The molecule has 1 atom stereocenters. The Bertz CT molecular complexity index is 795. The van der Waals surface area contributed by atoms with Gasteiger partial charge in [0.15, 0.2) is 6.67 Å². The standard InChI is InChI=1S/C18H26N4O2S/c1-5-21-17(13-6-7-13)19-22(18(21)25)12-20(2)11-14-8-9-15(23-3)10-16(14)24-4/h8-10,13H,5-7,11-12H2,1-4H3/p+1. The van der Waals surface area contributed by atoms with Crippen LogP contribution in [-0.2, 0) is 19.8 Å². The van der Waals surface area contributed by atoms with Crippen LogP contribution in [0.15, 0.2) is 18.2 Å². The minimum absolute atomic E-state index is 0.602. The predicted molar refractivity (Wildman–Crippen MR) is 98.8 cm³/mol. The molecule has 1 N–H and O–H groups in total. The van der Waals surface area contributed by atoms with E-state index in [2.05, 4.69) is 24.6 Å². The summed E-state index contributed by atoms with van der Waals surface area (Å²) in [5.74, 6) is 3.41. The van der Waals surface area contributed by atoms with Gasteiger partial charge in [0.2, 0.25) is 4.77 Å². The number of hydrogen-bond acceptors (Lipinski definition) is 4. The summed E-state index contributed by atoms with van der Waals surface area (Å²) < 4.78 is 15.7. The van der Waals surface area contributed by atoms with Crippen LogP contribution in [-0.4, -0.2) is 35.6 Å². The van der Waals surface area contributed by atoms with Crippen LogP contribution in [0.1, 0.15) is 37.1 Å². The number of hydrogen-bond donors (Lipinski definition) is 1. The molecule has 2 aromatic rings. The maximum Gasteiger partial charge on any atom is 0.202 e. The Morgan fingerprint density at radius 3 is 2.64 bits per heavy atom. The van der Waals surface area contributed by atoms with E-state index in [4.69, 9.17) is 26.8 Å². The molecule has 1 aliphatic carbocycles. The molecule has 1 aromatic heterocycles. The van der Waals surface area contributed by atoms with E-state index >= 15 is 0 Å². The molecule has 25 heavy (non-hydrogen) atoms. The molecule has 1 saturated carbocycles. The number of rotatable bonds is 8. The first-order chi connectivity index (χ1) is 12.1. The molecular weight excluding hydrogens is 336 g/mol. The number of quaternary nitrogens is 1. The highest BCUT2D eigenvalue weighted by atomic mass is 32.1. The van der Waals surface area contributed by atoms with E-state index in [0.717, 1.165) is 47.4 Å². The number of nitrogens with zero attached hydrogens (tertiary/aromatic N) is 3. The van der Waals surface area contributed by atoms with Crippen molar-refractivity contribution in [1.82, 2.24) is 14.3 Å². The van der Waals surface area contributed by atoms with Crippen molar-refractivity contribution < 1.29 is 14.4 Å². The zero-order chi connectivity index (χ0) is 18.0. The number of methoxy groups -OCH3 is 2. The second-order valence-corrected chi connectivity index (χ2v) is 6.99. The van der Waals surface area contributed by atoms with E-state index in [1.54, 1.807) is 14.2 Å². The number of benzene rings is 1. The van der Waals surface area contributed by atoms with Crippen LogP contribution in [0.4, 0.5) is 0 Å². The van der Waals surface area contributed by atoms with Gasteiger partial charge in [-0.2, -0.15) is 9.78 Å². The lowest BCUT2D eigenvalue weighted by Gasteiger charge is -2.16. The van der Waals surface area contributed by atoms with Gasteiger partial charge in [0, 0.05) is 24.1 Å². The normalized spacial score (nSPS) is 15.2. The van der Waals surface area contributed by atoms with Crippen LogP contribution in [0.5, 0.6) is 11.5 Å². The van der Waals surface area contributed by atoms with Crippen LogP contribution < -0.4 is 14.4 Å². The van der Waals surface area contributed by atoms with Gasteiger partial charge in [-0.3, -0.25) is 0 Å². The fraction of sp³-hybridized carbons (Fsp3) is 0.556. The zero-order valence-corrected chi connectivity index (χ0v) is 16.2. The van der Waals surface area contributed by atoms with Gasteiger partial charge in [-0.05, 0) is 44.1 Å². The molecule has 136 valence electrons. The summed E-state index contributed by atoms with van der Waals surface area (Å²) in [4.78, 5) is 1.29. The highest BCUT2D eigenvalue weighted by Gasteiger charge is 2.30. The van der Waals surface area contributed by atoms with Gasteiger partial charge in [0.1, 0.15) is 23.9 Å². The minimum atomic E-state index is 0.602. The summed E-state index contributed by atoms with van der Waals surface area (Å²) in [5.41, 5.74) is 1.14. The lowest BCUT2D eigenvalue weighted by Crippen LogP contribution is -3.07. The molecule has 1 aromatic carbocycles. The Kier molecular flexibility index (Phi) is 5.44. The number of ether oxygens (including phenoxy) is 2. The van der Waals surface area contributed by atoms with Crippen molar-refractivity contribution in [3.63, 3.8) is 0 Å². The average molecular weight is 364 g/mol. The third-order valence-corrected chi connectivity index (χ3v) is 5.05. The van der Waals surface area contributed by atoms with Crippen LogP contribution >= 0.6 is 12.2 Å². The average Bonchev–Trinajstić information content (AvgIpc) is 3.41. The largest absolute Gasteiger partial charge is 0.497 e. The predicted octanol–water partition coefficient (Wildman–Crippen LogP) is 2.00. The van der Waals surface area contributed by atoms with Gasteiger partial charge in [-0.15, -0.1) is 0 Å². The van der Waals surface area contributed by atoms with Gasteiger partial charge in [-0.1, -0.05) is 0 Å². The molecule has 6 nitrogen and oxygen atoms in total. The van der Waals surface area contributed by atoms with Gasteiger partial charge in [0.25, 0.3) is 0 Å². The molecule has 0 bridgehead atoms. The van der Waals surface area contributed by atoms with Crippen molar-refractivity contribution in [2.45, 2.75) is 45.4 Å². The molecule has 3 rings (SSSR count). The second-order valence-electron chi connectivity index (χ2n) is 6.63. The van der Waals surface area contributed by atoms with E-state index in [1.807, 2.05) is 16.8 Å². The highest BCUT2D eigenvalue weighted by molar-refractivity contribution is 7.71. The SMILES string of the molecule is CCn1c(C2CC2)nn(C[NH+](C)Cc2ccc(OC)cc2OC)c1=S. The van der Waals surface area contributed by atoms with Crippen molar-refractivity contribution in [3.8, 4) is 11.5 Å². The quantitative estimate of drug-likeness (QED) is 0.729. The molecule has 0 spiro atoms. The Labute approximate surface area is 154 Å². The monoisotopic (exact) mass is 363 g/mol. The van der Waals surface area contributed by atoms with Crippen LogP contribution in [0, 0.1) is 4.77 Å². The van der Waals surface area contributed by atoms with E-state index in [-0.39, 0.29) is 0 Å². The first-order valence-electron chi connectivity index (χ1n) is 8.77. The lowest BCUT2D eigenvalue weighted by atomic mass is 10.2. The Balaban J connectivity index is 1.75. The molecule has 1 aliphatic rings. The molecule has 7 heteroatoms. The maximum atomic E-state index is 5.63. The molecule has 0 amide bonds.